The van der Waals surface area contributed by atoms with Crippen LogP contribution in [0.3, 0.4) is 0 Å². The highest BCUT2D eigenvalue weighted by Crippen LogP contribution is 2.62. The molecule has 0 N–H and O–H groups in total. The second-order valence-electron chi connectivity index (χ2n) is 10.5. The van der Waals surface area contributed by atoms with Crippen molar-refractivity contribution in [2.75, 3.05) is 13.2 Å². The van der Waals surface area contributed by atoms with Crippen LogP contribution in [0.4, 0.5) is 0 Å². The third-order valence-corrected chi connectivity index (χ3v) is 8.53. The van der Waals surface area contributed by atoms with Gasteiger partial charge in [-0.2, -0.15) is 0 Å². The monoisotopic (exact) mass is 476 g/mol. The fourth-order valence-corrected chi connectivity index (χ4v) is 6.30. The van der Waals surface area contributed by atoms with Gasteiger partial charge in [0.2, 0.25) is 0 Å². The number of fused-ring (bicyclic) bond motifs is 1. The molecule has 1 saturated carbocycles. The highest BCUT2D eigenvalue weighted by atomic mass is 16.5. The molecule has 2 aromatic carbocycles. The topological polar surface area (TPSA) is 44.8 Å². The number of ether oxygens (including phenoxy) is 3. The molecule has 188 valence electrons. The van der Waals surface area contributed by atoms with Crippen molar-refractivity contribution in [1.29, 1.82) is 0 Å². The molecule has 0 bridgehead atoms. The van der Waals surface area contributed by atoms with Gasteiger partial charge in [0.1, 0.15) is 0 Å². The second kappa shape index (κ2) is 11.5. The second-order valence-corrected chi connectivity index (χ2v) is 10.5. The average Bonchev–Trinajstić information content (AvgIpc) is 2.87. The molecule has 0 unspecified atom stereocenters. The zero-order chi connectivity index (χ0) is 24.7. The van der Waals surface area contributed by atoms with Crippen molar-refractivity contribution >= 4 is 5.97 Å². The van der Waals surface area contributed by atoms with Gasteiger partial charge in [-0.15, -0.1) is 0 Å². The van der Waals surface area contributed by atoms with Crippen LogP contribution in [-0.2, 0) is 32.2 Å². The number of esters is 1. The molecule has 0 saturated heterocycles. The first-order valence-electron chi connectivity index (χ1n) is 13.1. The molecule has 2 aliphatic carbocycles. The Morgan fingerprint density at radius 1 is 1.00 bits per heavy atom. The van der Waals surface area contributed by atoms with Crippen molar-refractivity contribution in [3.8, 4) is 0 Å². The van der Waals surface area contributed by atoms with Crippen molar-refractivity contribution < 1.29 is 19.0 Å². The Balaban J connectivity index is 1.52. The SMILES string of the molecule is CCOC(=O)C[C@]1(COCc2ccccc2)C(C)=CC[C@H]2C[C@@H](OCc3ccccc3)CC[C@@]21C. The molecular formula is C31H40O4. The van der Waals surface area contributed by atoms with Crippen molar-refractivity contribution in [2.24, 2.45) is 16.7 Å². The minimum atomic E-state index is -0.374. The number of hydrogen-bond acceptors (Lipinski definition) is 4. The molecule has 0 spiro atoms. The first-order valence-corrected chi connectivity index (χ1v) is 13.1. The van der Waals surface area contributed by atoms with E-state index in [2.05, 4.69) is 56.3 Å². The largest absolute Gasteiger partial charge is 0.466 e. The van der Waals surface area contributed by atoms with Crippen LogP contribution in [0.5, 0.6) is 0 Å². The summed E-state index contributed by atoms with van der Waals surface area (Å²) in [5.74, 6) is 0.309. The number of rotatable bonds is 10. The van der Waals surface area contributed by atoms with Gasteiger partial charge in [0.15, 0.2) is 0 Å². The molecular weight excluding hydrogens is 436 g/mol. The number of hydrogen-bond donors (Lipinski definition) is 0. The molecule has 0 aromatic heterocycles. The van der Waals surface area contributed by atoms with E-state index in [9.17, 15) is 4.79 Å². The van der Waals surface area contributed by atoms with Gasteiger partial charge in [-0.25, -0.2) is 0 Å². The maximum Gasteiger partial charge on any atom is 0.306 e. The Morgan fingerprint density at radius 3 is 2.31 bits per heavy atom. The van der Waals surface area contributed by atoms with Crippen molar-refractivity contribution in [1.82, 2.24) is 0 Å². The van der Waals surface area contributed by atoms with Gasteiger partial charge in [0.25, 0.3) is 0 Å². The molecule has 0 aliphatic heterocycles. The Morgan fingerprint density at radius 2 is 1.66 bits per heavy atom. The number of carbonyl (C=O) groups is 1. The summed E-state index contributed by atoms with van der Waals surface area (Å²) in [5, 5.41) is 0. The molecule has 4 heteroatoms. The molecule has 2 aromatic rings. The summed E-state index contributed by atoms with van der Waals surface area (Å²) in [5.41, 5.74) is 3.20. The van der Waals surface area contributed by atoms with Crippen LogP contribution in [0.25, 0.3) is 0 Å². The van der Waals surface area contributed by atoms with Gasteiger partial charge < -0.3 is 14.2 Å². The molecule has 4 atom stereocenters. The van der Waals surface area contributed by atoms with E-state index in [0.717, 1.165) is 31.2 Å². The van der Waals surface area contributed by atoms with Gasteiger partial charge in [0, 0.05) is 5.41 Å². The number of allylic oxidation sites excluding steroid dienone is 1. The van der Waals surface area contributed by atoms with Crippen molar-refractivity contribution in [3.63, 3.8) is 0 Å². The molecule has 0 radical (unpaired) electrons. The normalized spacial score (nSPS) is 28.1. The summed E-state index contributed by atoms with van der Waals surface area (Å²) in [4.78, 5) is 12.9. The minimum Gasteiger partial charge on any atom is -0.466 e. The van der Waals surface area contributed by atoms with E-state index in [-0.39, 0.29) is 22.9 Å². The lowest BCUT2D eigenvalue weighted by molar-refractivity contribution is -0.158. The van der Waals surface area contributed by atoms with Crippen molar-refractivity contribution in [2.45, 2.75) is 72.2 Å². The average molecular weight is 477 g/mol. The van der Waals surface area contributed by atoms with E-state index in [4.69, 9.17) is 14.2 Å². The van der Waals surface area contributed by atoms with Crippen LogP contribution in [0.15, 0.2) is 72.3 Å². The van der Waals surface area contributed by atoms with Crippen LogP contribution in [-0.4, -0.2) is 25.3 Å². The van der Waals surface area contributed by atoms with E-state index in [1.54, 1.807) is 0 Å². The van der Waals surface area contributed by atoms with E-state index in [1.807, 2.05) is 31.2 Å². The van der Waals surface area contributed by atoms with Gasteiger partial charge >= 0.3 is 5.97 Å². The van der Waals surface area contributed by atoms with E-state index in [0.29, 0.717) is 38.8 Å². The third kappa shape index (κ3) is 5.70. The molecule has 1 fully saturated rings. The van der Waals surface area contributed by atoms with E-state index >= 15 is 0 Å². The predicted molar refractivity (Wildman–Crippen MR) is 139 cm³/mol. The summed E-state index contributed by atoms with van der Waals surface area (Å²) >= 11 is 0. The predicted octanol–water partition coefficient (Wildman–Crippen LogP) is 6.88. The van der Waals surface area contributed by atoms with Crippen LogP contribution >= 0.6 is 0 Å². The first-order chi connectivity index (χ1) is 17.0. The maximum atomic E-state index is 12.9. The lowest BCUT2D eigenvalue weighted by Crippen LogP contribution is -2.55. The number of benzene rings is 2. The Hall–Kier alpha value is -2.43. The van der Waals surface area contributed by atoms with Gasteiger partial charge in [-0.3, -0.25) is 4.79 Å². The Bertz CT molecular complexity index is 986. The third-order valence-electron chi connectivity index (χ3n) is 8.53. The fraction of sp³-hybridized carbons (Fsp3) is 0.516. The molecule has 35 heavy (non-hydrogen) atoms. The summed E-state index contributed by atoms with van der Waals surface area (Å²) in [6, 6.07) is 20.7. The minimum absolute atomic E-state index is 0.0537. The Kier molecular flexibility index (Phi) is 8.46. The zero-order valence-electron chi connectivity index (χ0n) is 21.5. The van der Waals surface area contributed by atoms with E-state index < -0.39 is 0 Å². The van der Waals surface area contributed by atoms with Gasteiger partial charge in [0.05, 0.1) is 39.0 Å². The molecule has 4 rings (SSSR count). The summed E-state index contributed by atoms with van der Waals surface area (Å²) < 4.78 is 18.2. The summed E-state index contributed by atoms with van der Waals surface area (Å²) in [7, 11) is 0. The van der Waals surface area contributed by atoms with Gasteiger partial charge in [-0.05, 0) is 62.0 Å². The van der Waals surface area contributed by atoms with Crippen LogP contribution in [0.1, 0.15) is 64.0 Å². The molecule has 0 heterocycles. The number of carbonyl (C=O) groups excluding carboxylic acids is 1. The fourth-order valence-electron chi connectivity index (χ4n) is 6.30. The van der Waals surface area contributed by atoms with E-state index in [1.165, 1.54) is 11.1 Å². The van der Waals surface area contributed by atoms with Crippen molar-refractivity contribution in [3.05, 3.63) is 83.4 Å². The lowest BCUT2D eigenvalue weighted by Gasteiger charge is -2.58. The van der Waals surface area contributed by atoms with Crippen LogP contribution < -0.4 is 0 Å². The first kappa shape index (κ1) is 25.7. The summed E-state index contributed by atoms with van der Waals surface area (Å²) in [6.07, 6.45) is 6.99. The maximum absolute atomic E-state index is 12.9. The lowest BCUT2D eigenvalue weighted by atomic mass is 9.47. The molecule has 4 nitrogen and oxygen atoms in total. The van der Waals surface area contributed by atoms with Crippen LogP contribution in [0, 0.1) is 16.7 Å². The summed E-state index contributed by atoms with van der Waals surface area (Å²) in [6.45, 7) is 8.56. The quantitative estimate of drug-likeness (QED) is 0.277. The highest BCUT2D eigenvalue weighted by Gasteiger charge is 2.57. The zero-order valence-corrected chi connectivity index (χ0v) is 21.5. The Labute approximate surface area is 210 Å². The standard InChI is InChI=1S/C31H40O4/c1-4-34-29(32)20-31(23-33-21-25-11-7-5-8-12-25)24(2)15-16-27-19-28(17-18-30(27,31)3)35-22-26-13-9-6-10-14-26/h5-15,27-28H,4,16-23H2,1-3H3/t27-,28-,30-,31-/m0/s1. The molecule has 0 amide bonds. The van der Waals surface area contributed by atoms with Gasteiger partial charge in [-0.1, -0.05) is 79.2 Å². The smallest absolute Gasteiger partial charge is 0.306 e. The van der Waals surface area contributed by atoms with Crippen LogP contribution in [0.2, 0.25) is 0 Å². The highest BCUT2D eigenvalue weighted by molar-refractivity contribution is 5.71. The molecule has 2 aliphatic rings.